The van der Waals surface area contributed by atoms with Crippen molar-refractivity contribution in [3.05, 3.63) is 71.3 Å². The summed E-state index contributed by atoms with van der Waals surface area (Å²) < 4.78 is 0. The van der Waals surface area contributed by atoms with Crippen LogP contribution in [-0.2, 0) is 0 Å². The summed E-state index contributed by atoms with van der Waals surface area (Å²) in [4.78, 5) is 0. The molecule has 0 heterocycles. The largest absolute Gasteiger partial charge is 0.324 e. The van der Waals surface area contributed by atoms with Gasteiger partial charge >= 0.3 is 0 Å². The maximum Gasteiger partial charge on any atom is 0.0341 e. The van der Waals surface area contributed by atoms with Crippen LogP contribution in [0.5, 0.6) is 0 Å². The van der Waals surface area contributed by atoms with E-state index in [1.807, 2.05) is 0 Å². The third kappa shape index (κ3) is 2.62. The van der Waals surface area contributed by atoms with Crippen molar-refractivity contribution in [1.29, 1.82) is 0 Å². The van der Waals surface area contributed by atoms with Crippen LogP contribution in [-0.4, -0.2) is 6.54 Å². The molecule has 3 rings (SSSR count). The molecule has 3 N–H and O–H groups in total. The van der Waals surface area contributed by atoms with E-state index in [-0.39, 0.29) is 6.04 Å². The molecular formula is C18H22N2. The van der Waals surface area contributed by atoms with E-state index in [2.05, 4.69) is 66.8 Å². The fourth-order valence-corrected chi connectivity index (χ4v) is 3.09. The monoisotopic (exact) mass is 266 g/mol. The van der Waals surface area contributed by atoms with Gasteiger partial charge in [0.1, 0.15) is 0 Å². The van der Waals surface area contributed by atoms with Gasteiger partial charge in [0.25, 0.3) is 0 Å². The van der Waals surface area contributed by atoms with Gasteiger partial charge in [0.15, 0.2) is 0 Å². The number of fused-ring (bicyclic) bond motifs is 1. The highest BCUT2D eigenvalue weighted by molar-refractivity contribution is 5.37. The standard InChI is InChI=1S/C18H22N2/c1-13(14-7-3-2-4-8-14)12-20-18-11-17(19)15-9-5-6-10-16(15)18/h2-10,13,17-18,20H,11-12,19H2,1H3. The molecule has 1 aliphatic carbocycles. The minimum Gasteiger partial charge on any atom is -0.324 e. The Morgan fingerprint density at radius 2 is 1.70 bits per heavy atom. The smallest absolute Gasteiger partial charge is 0.0341 e. The van der Waals surface area contributed by atoms with Crippen molar-refractivity contribution < 1.29 is 0 Å². The Balaban J connectivity index is 1.66. The number of benzene rings is 2. The second-order valence-electron chi connectivity index (χ2n) is 5.74. The number of hydrogen-bond donors (Lipinski definition) is 2. The lowest BCUT2D eigenvalue weighted by Crippen LogP contribution is -2.24. The van der Waals surface area contributed by atoms with Gasteiger partial charge in [-0.25, -0.2) is 0 Å². The summed E-state index contributed by atoms with van der Waals surface area (Å²) in [5.41, 5.74) is 10.3. The Labute approximate surface area is 121 Å². The lowest BCUT2D eigenvalue weighted by molar-refractivity contribution is 0.480. The first-order valence-electron chi connectivity index (χ1n) is 7.38. The normalized spacial score (nSPS) is 22.5. The molecule has 0 saturated heterocycles. The Morgan fingerprint density at radius 3 is 2.45 bits per heavy atom. The van der Waals surface area contributed by atoms with E-state index in [9.17, 15) is 0 Å². The van der Waals surface area contributed by atoms with Crippen molar-refractivity contribution in [2.75, 3.05) is 6.54 Å². The molecule has 2 nitrogen and oxygen atoms in total. The molecule has 0 aliphatic heterocycles. The molecule has 3 atom stereocenters. The number of nitrogens with one attached hydrogen (secondary N) is 1. The molecule has 0 fully saturated rings. The Hall–Kier alpha value is -1.64. The Bertz CT molecular complexity index is 565. The molecule has 3 unspecified atom stereocenters. The fraction of sp³-hybridized carbons (Fsp3) is 0.333. The van der Waals surface area contributed by atoms with Crippen molar-refractivity contribution in [3.63, 3.8) is 0 Å². The lowest BCUT2D eigenvalue weighted by atomic mass is 10.0. The van der Waals surface area contributed by atoms with Gasteiger partial charge in [0.05, 0.1) is 0 Å². The minimum atomic E-state index is 0.177. The van der Waals surface area contributed by atoms with Crippen LogP contribution in [0.25, 0.3) is 0 Å². The van der Waals surface area contributed by atoms with Crippen molar-refractivity contribution in [2.24, 2.45) is 5.73 Å². The molecule has 2 aromatic rings. The Kier molecular flexibility index (Phi) is 3.86. The first-order chi connectivity index (χ1) is 9.75. The van der Waals surface area contributed by atoms with Crippen molar-refractivity contribution >= 4 is 0 Å². The van der Waals surface area contributed by atoms with E-state index in [0.717, 1.165) is 13.0 Å². The quantitative estimate of drug-likeness (QED) is 0.888. The molecule has 0 aromatic heterocycles. The van der Waals surface area contributed by atoms with Crippen LogP contribution in [0, 0.1) is 0 Å². The molecule has 104 valence electrons. The van der Waals surface area contributed by atoms with Crippen LogP contribution in [0.15, 0.2) is 54.6 Å². The van der Waals surface area contributed by atoms with Crippen LogP contribution < -0.4 is 11.1 Å². The molecular weight excluding hydrogens is 244 g/mol. The maximum absolute atomic E-state index is 6.21. The second-order valence-corrected chi connectivity index (χ2v) is 5.74. The maximum atomic E-state index is 6.21. The average Bonchev–Trinajstić information content (AvgIpc) is 2.83. The van der Waals surface area contributed by atoms with Gasteiger partial charge in [-0.05, 0) is 29.0 Å². The highest BCUT2D eigenvalue weighted by atomic mass is 14.9. The lowest BCUT2D eigenvalue weighted by Gasteiger charge is -2.18. The van der Waals surface area contributed by atoms with E-state index in [1.54, 1.807) is 0 Å². The fourth-order valence-electron chi connectivity index (χ4n) is 3.09. The first-order valence-corrected chi connectivity index (χ1v) is 7.38. The predicted octanol–water partition coefficient (Wildman–Crippen LogP) is 3.52. The third-order valence-corrected chi connectivity index (χ3v) is 4.30. The molecule has 0 radical (unpaired) electrons. The summed E-state index contributed by atoms with van der Waals surface area (Å²) in [6.45, 7) is 3.25. The second kappa shape index (κ2) is 5.78. The summed E-state index contributed by atoms with van der Waals surface area (Å²) in [7, 11) is 0. The van der Waals surface area contributed by atoms with E-state index < -0.39 is 0 Å². The molecule has 20 heavy (non-hydrogen) atoms. The Morgan fingerprint density at radius 1 is 1.05 bits per heavy atom. The zero-order valence-electron chi connectivity index (χ0n) is 11.9. The molecule has 0 amide bonds. The third-order valence-electron chi connectivity index (χ3n) is 4.30. The van der Waals surface area contributed by atoms with Crippen molar-refractivity contribution in [3.8, 4) is 0 Å². The van der Waals surface area contributed by atoms with Crippen LogP contribution in [0.4, 0.5) is 0 Å². The minimum absolute atomic E-state index is 0.177. The van der Waals surface area contributed by atoms with E-state index in [4.69, 9.17) is 5.73 Å². The number of hydrogen-bond acceptors (Lipinski definition) is 2. The molecule has 0 saturated carbocycles. The van der Waals surface area contributed by atoms with Gasteiger partial charge in [-0.1, -0.05) is 61.5 Å². The first kappa shape index (κ1) is 13.3. The van der Waals surface area contributed by atoms with E-state index in [1.165, 1.54) is 16.7 Å². The predicted molar refractivity (Wildman–Crippen MR) is 83.6 cm³/mol. The topological polar surface area (TPSA) is 38.0 Å². The number of nitrogens with two attached hydrogens (primary N) is 1. The average molecular weight is 266 g/mol. The van der Waals surface area contributed by atoms with Gasteiger partial charge in [0.2, 0.25) is 0 Å². The zero-order valence-corrected chi connectivity index (χ0v) is 11.9. The van der Waals surface area contributed by atoms with Crippen molar-refractivity contribution in [1.82, 2.24) is 5.32 Å². The van der Waals surface area contributed by atoms with Crippen LogP contribution in [0.2, 0.25) is 0 Å². The summed E-state index contributed by atoms with van der Waals surface area (Å²) >= 11 is 0. The van der Waals surface area contributed by atoms with E-state index in [0.29, 0.717) is 12.0 Å². The van der Waals surface area contributed by atoms with Gasteiger partial charge in [-0.3, -0.25) is 0 Å². The summed E-state index contributed by atoms with van der Waals surface area (Å²) in [6, 6.07) is 19.8. The van der Waals surface area contributed by atoms with Gasteiger partial charge in [0, 0.05) is 18.6 Å². The highest BCUT2D eigenvalue weighted by Gasteiger charge is 2.27. The number of rotatable bonds is 4. The zero-order chi connectivity index (χ0) is 13.9. The SMILES string of the molecule is CC(CNC1CC(N)c2ccccc21)c1ccccc1. The van der Waals surface area contributed by atoms with Gasteiger partial charge in [-0.15, -0.1) is 0 Å². The van der Waals surface area contributed by atoms with Gasteiger partial charge in [-0.2, -0.15) is 0 Å². The molecule has 0 spiro atoms. The summed E-state index contributed by atoms with van der Waals surface area (Å²) in [5.74, 6) is 0.514. The van der Waals surface area contributed by atoms with Crippen LogP contribution in [0.3, 0.4) is 0 Å². The molecule has 1 aliphatic rings. The van der Waals surface area contributed by atoms with E-state index >= 15 is 0 Å². The van der Waals surface area contributed by atoms with Crippen LogP contribution >= 0.6 is 0 Å². The summed E-state index contributed by atoms with van der Waals surface area (Å²) in [6.07, 6.45) is 1.00. The van der Waals surface area contributed by atoms with Crippen LogP contribution in [0.1, 0.15) is 48.0 Å². The molecule has 2 aromatic carbocycles. The molecule has 0 bridgehead atoms. The van der Waals surface area contributed by atoms with Gasteiger partial charge < -0.3 is 11.1 Å². The highest BCUT2D eigenvalue weighted by Crippen LogP contribution is 2.37. The molecule has 2 heteroatoms. The van der Waals surface area contributed by atoms with Crippen molar-refractivity contribution in [2.45, 2.75) is 31.3 Å². The summed E-state index contributed by atoms with van der Waals surface area (Å²) in [5, 5.41) is 3.69.